The molecule has 2 aromatic rings. The molecule has 1 saturated heterocycles. The number of halogens is 3. The molecule has 1 saturated carbocycles. The van der Waals surface area contributed by atoms with Gasteiger partial charge in [0.2, 0.25) is 15.9 Å². The molecule has 0 bridgehead atoms. The van der Waals surface area contributed by atoms with E-state index in [1.54, 1.807) is 4.90 Å². The summed E-state index contributed by atoms with van der Waals surface area (Å²) in [7, 11) is -4.44. The Morgan fingerprint density at radius 1 is 1.22 bits per heavy atom. The smallest absolute Gasteiger partial charge is 0.396 e. The zero-order chi connectivity index (χ0) is 26.9. The number of likely N-dealkylation sites (tertiary alicyclic amines) is 1. The molecule has 0 radical (unpaired) electrons. The Labute approximate surface area is 229 Å². The molecule has 1 aliphatic heterocycles. The summed E-state index contributed by atoms with van der Waals surface area (Å²) in [6.07, 6.45) is 7.92. The second kappa shape index (κ2) is 11.3. The summed E-state index contributed by atoms with van der Waals surface area (Å²) in [6, 6.07) is -0.0746. The molecule has 15 heteroatoms. The van der Waals surface area contributed by atoms with E-state index in [0.717, 1.165) is 25.7 Å². The highest BCUT2D eigenvalue weighted by Gasteiger charge is 2.37. The van der Waals surface area contributed by atoms with Gasteiger partial charge in [0.05, 0.1) is 27.3 Å². The van der Waals surface area contributed by atoms with Gasteiger partial charge in [0.25, 0.3) is 0 Å². The molecule has 0 spiro atoms. The first-order valence-corrected chi connectivity index (χ1v) is 14.5. The van der Waals surface area contributed by atoms with E-state index in [1.165, 1.54) is 29.4 Å². The number of sulfonamides is 1. The molecular formula is C22H27Cl3N6O5S. The lowest BCUT2D eigenvalue weighted by Gasteiger charge is -2.42. The summed E-state index contributed by atoms with van der Waals surface area (Å²) >= 11 is 18.3. The van der Waals surface area contributed by atoms with E-state index in [-0.39, 0.29) is 33.7 Å². The Bertz CT molecular complexity index is 1300. The number of nitro groups is 1. The molecule has 3 unspecified atom stereocenters. The Kier molecular flexibility index (Phi) is 8.54. The van der Waals surface area contributed by atoms with Crippen LogP contribution in [-0.4, -0.2) is 52.8 Å². The van der Waals surface area contributed by atoms with Crippen LogP contribution in [0.15, 0.2) is 23.4 Å². The van der Waals surface area contributed by atoms with Crippen LogP contribution in [0.2, 0.25) is 15.1 Å². The van der Waals surface area contributed by atoms with Gasteiger partial charge in [-0.1, -0.05) is 59.0 Å². The minimum Gasteiger partial charge on any atom is -0.396 e. The summed E-state index contributed by atoms with van der Waals surface area (Å²) in [5.41, 5.74) is 5.66. The fourth-order valence-corrected chi connectivity index (χ4v) is 7.99. The van der Waals surface area contributed by atoms with Crippen LogP contribution < -0.4 is 10.5 Å². The van der Waals surface area contributed by atoms with Crippen LogP contribution in [0.3, 0.4) is 0 Å². The summed E-state index contributed by atoms with van der Waals surface area (Å²) in [4.78, 5) is 29.2. The van der Waals surface area contributed by atoms with Gasteiger partial charge in [0.1, 0.15) is 23.3 Å². The number of benzene rings is 1. The van der Waals surface area contributed by atoms with Gasteiger partial charge in [-0.2, -0.15) is 4.72 Å². The first-order chi connectivity index (χ1) is 17.5. The summed E-state index contributed by atoms with van der Waals surface area (Å²) < 4.78 is 30.5. The van der Waals surface area contributed by atoms with Crippen molar-refractivity contribution >= 4 is 62.4 Å². The lowest BCUT2D eigenvalue weighted by molar-refractivity contribution is -0.396. The van der Waals surface area contributed by atoms with Gasteiger partial charge in [0, 0.05) is 19.5 Å². The minimum absolute atomic E-state index is 0.00986. The number of aryl methyl sites for hydroxylation is 1. The van der Waals surface area contributed by atoms with Crippen LogP contribution >= 0.6 is 34.8 Å². The highest BCUT2D eigenvalue weighted by molar-refractivity contribution is 7.89. The molecule has 1 aromatic heterocycles. The molecule has 1 aromatic carbocycles. The standard InChI is InChI=1S/C22H27Cl3N6O5S/c23-15-11-16(24)20(18(25)19(15)26)37(35,36)28-17(6-9-29-10-7-27-22(29)31(33)34)21(32)30-8-5-13-3-1-2-4-14(13)12-30/h7,10-11,13-14,17,28H,1-6,8-9,12,26H2. The van der Waals surface area contributed by atoms with Crippen LogP contribution in [0.1, 0.15) is 38.5 Å². The lowest BCUT2D eigenvalue weighted by atomic mass is 9.75. The first-order valence-electron chi connectivity index (χ1n) is 11.9. The van der Waals surface area contributed by atoms with Crippen molar-refractivity contribution in [1.29, 1.82) is 0 Å². The number of nitrogens with one attached hydrogen (secondary N) is 1. The van der Waals surface area contributed by atoms with Crippen LogP contribution in [0.5, 0.6) is 0 Å². The number of anilines is 1. The van der Waals surface area contributed by atoms with Crippen molar-refractivity contribution in [3.8, 4) is 0 Å². The maximum absolute atomic E-state index is 13.7. The molecule has 4 rings (SSSR count). The van der Waals surface area contributed by atoms with E-state index in [1.807, 2.05) is 0 Å². The number of fused-ring (bicyclic) bond motifs is 1. The fourth-order valence-electron chi connectivity index (χ4n) is 5.25. The van der Waals surface area contributed by atoms with Gasteiger partial charge in [0.15, 0.2) is 0 Å². The second-order valence-electron chi connectivity index (χ2n) is 9.41. The number of carbonyl (C=O) groups is 1. The highest BCUT2D eigenvalue weighted by atomic mass is 35.5. The van der Waals surface area contributed by atoms with E-state index >= 15 is 0 Å². The molecule has 2 fully saturated rings. The van der Waals surface area contributed by atoms with Gasteiger partial charge >= 0.3 is 5.95 Å². The number of aromatic nitrogens is 2. The Morgan fingerprint density at radius 3 is 2.62 bits per heavy atom. The average molecular weight is 594 g/mol. The Hall–Kier alpha value is -2.12. The topological polar surface area (TPSA) is 153 Å². The zero-order valence-corrected chi connectivity index (χ0v) is 22.9. The SMILES string of the molecule is Nc1c(Cl)cc(Cl)c(S(=O)(=O)NC(CCn2ccnc2[N+](=O)[O-])C(=O)N2CCC3CCCCC3C2)c1Cl. The van der Waals surface area contributed by atoms with Crippen molar-refractivity contribution in [2.24, 2.45) is 11.8 Å². The van der Waals surface area contributed by atoms with Crippen LogP contribution in [0, 0.1) is 22.0 Å². The number of hydrogen-bond acceptors (Lipinski definition) is 7. The monoisotopic (exact) mass is 592 g/mol. The van der Waals surface area contributed by atoms with E-state index in [0.29, 0.717) is 24.9 Å². The number of hydrogen-bond donors (Lipinski definition) is 2. The van der Waals surface area contributed by atoms with Crippen LogP contribution in [0.25, 0.3) is 0 Å². The van der Waals surface area contributed by atoms with Gasteiger partial charge in [-0.15, -0.1) is 0 Å². The number of piperidine rings is 1. The van der Waals surface area contributed by atoms with Crippen LogP contribution in [0.4, 0.5) is 11.6 Å². The van der Waals surface area contributed by atoms with E-state index in [9.17, 15) is 23.3 Å². The average Bonchev–Trinajstić information content (AvgIpc) is 3.33. The number of imidazole rings is 1. The first kappa shape index (κ1) is 27.9. The number of rotatable bonds is 8. The highest BCUT2D eigenvalue weighted by Crippen LogP contribution is 2.39. The maximum Gasteiger partial charge on any atom is 0.434 e. The Balaban J connectivity index is 1.61. The zero-order valence-electron chi connectivity index (χ0n) is 19.8. The number of nitrogens with zero attached hydrogens (tertiary/aromatic N) is 4. The molecule has 37 heavy (non-hydrogen) atoms. The van der Waals surface area contributed by atoms with Crippen molar-refractivity contribution in [2.45, 2.75) is 56.0 Å². The minimum atomic E-state index is -4.44. The predicted octanol–water partition coefficient (Wildman–Crippen LogP) is 4.11. The quantitative estimate of drug-likeness (QED) is 0.265. The number of nitrogen functional groups attached to an aromatic ring is 1. The number of amides is 1. The van der Waals surface area contributed by atoms with Crippen molar-refractivity contribution in [3.63, 3.8) is 0 Å². The molecule has 1 amide bonds. The van der Waals surface area contributed by atoms with Crippen molar-refractivity contribution in [3.05, 3.63) is 43.6 Å². The van der Waals surface area contributed by atoms with Gasteiger partial charge in [-0.25, -0.2) is 13.0 Å². The molecule has 2 heterocycles. The third-order valence-electron chi connectivity index (χ3n) is 7.15. The molecule has 3 N–H and O–H groups in total. The maximum atomic E-state index is 13.7. The summed E-state index contributed by atoms with van der Waals surface area (Å²) in [6.45, 7) is 1.03. The Morgan fingerprint density at radius 2 is 1.92 bits per heavy atom. The summed E-state index contributed by atoms with van der Waals surface area (Å²) in [5, 5.41) is 10.7. The third kappa shape index (κ3) is 5.98. The molecule has 11 nitrogen and oxygen atoms in total. The largest absolute Gasteiger partial charge is 0.434 e. The normalized spacial score (nSPS) is 20.9. The molecule has 3 atom stereocenters. The van der Waals surface area contributed by atoms with E-state index in [2.05, 4.69) is 9.71 Å². The van der Waals surface area contributed by atoms with Crippen molar-refractivity contribution in [2.75, 3.05) is 18.8 Å². The summed E-state index contributed by atoms with van der Waals surface area (Å²) in [5.74, 6) is 0.118. The van der Waals surface area contributed by atoms with E-state index < -0.39 is 37.7 Å². The van der Waals surface area contributed by atoms with E-state index in [4.69, 9.17) is 40.5 Å². The number of carbonyl (C=O) groups excluding carboxylic acids is 1. The van der Waals surface area contributed by atoms with Gasteiger partial charge < -0.3 is 20.7 Å². The molecule has 2 aliphatic rings. The molecule has 1 aliphatic carbocycles. The lowest BCUT2D eigenvalue weighted by Crippen LogP contribution is -2.53. The van der Waals surface area contributed by atoms with Gasteiger partial charge in [-0.3, -0.25) is 4.79 Å². The predicted molar refractivity (Wildman–Crippen MR) is 140 cm³/mol. The van der Waals surface area contributed by atoms with Gasteiger partial charge in [-0.05, 0) is 35.7 Å². The van der Waals surface area contributed by atoms with Crippen molar-refractivity contribution < 1.29 is 18.1 Å². The number of nitrogens with two attached hydrogens (primary N) is 1. The third-order valence-corrected chi connectivity index (χ3v) is 9.93. The fraction of sp³-hybridized carbons (Fsp3) is 0.545. The second-order valence-corrected chi connectivity index (χ2v) is 12.3. The van der Waals surface area contributed by atoms with Crippen LogP contribution in [-0.2, 0) is 21.4 Å². The van der Waals surface area contributed by atoms with Crippen molar-refractivity contribution in [1.82, 2.24) is 19.2 Å². The molecular weight excluding hydrogens is 567 g/mol. The molecule has 202 valence electrons.